The second kappa shape index (κ2) is 6.31. The van der Waals surface area contributed by atoms with E-state index in [2.05, 4.69) is 22.5 Å². The minimum atomic E-state index is -0.140. The molecule has 7 nitrogen and oxygen atoms in total. The third kappa shape index (κ3) is 2.85. The Labute approximate surface area is 135 Å². The van der Waals surface area contributed by atoms with Crippen molar-refractivity contribution in [3.05, 3.63) is 12.2 Å². The molecule has 1 saturated carbocycles. The van der Waals surface area contributed by atoms with Gasteiger partial charge in [-0.25, -0.2) is 0 Å². The Morgan fingerprint density at radius 1 is 1.39 bits per heavy atom. The van der Waals surface area contributed by atoms with E-state index >= 15 is 0 Å². The standard InChI is InChI=1S/C16H24N4O3/c1-9(8-23-2)19-16(17)18-5-6-20-14(21)12-10-3-4-11(7-10)13(12)15(20)22/h3-4,9-13H,5-8H2,1-2H3,(H3,17,18,19). The van der Waals surface area contributed by atoms with Crippen LogP contribution in [0.3, 0.4) is 0 Å². The van der Waals surface area contributed by atoms with Crippen molar-refractivity contribution in [2.24, 2.45) is 34.4 Å². The number of amides is 2. The number of guanidine groups is 1. The van der Waals surface area contributed by atoms with Gasteiger partial charge in [-0.05, 0) is 25.2 Å². The van der Waals surface area contributed by atoms with Crippen molar-refractivity contribution >= 4 is 17.8 Å². The molecule has 126 valence electrons. The van der Waals surface area contributed by atoms with E-state index in [4.69, 9.17) is 10.5 Å². The van der Waals surface area contributed by atoms with Crippen LogP contribution in [0.1, 0.15) is 13.3 Å². The van der Waals surface area contributed by atoms with E-state index in [-0.39, 0.29) is 41.5 Å². The lowest BCUT2D eigenvalue weighted by atomic mass is 9.85. The highest BCUT2D eigenvalue weighted by Crippen LogP contribution is 2.52. The number of carbonyl (C=O) groups excluding carboxylic acids is 2. The van der Waals surface area contributed by atoms with Gasteiger partial charge in [0.15, 0.2) is 5.96 Å². The number of hydrogen-bond donors (Lipinski definition) is 2. The number of methoxy groups -OCH3 is 1. The molecule has 7 heteroatoms. The lowest BCUT2D eigenvalue weighted by Crippen LogP contribution is -2.41. The Hall–Kier alpha value is -1.89. The van der Waals surface area contributed by atoms with Gasteiger partial charge in [-0.3, -0.25) is 19.5 Å². The molecule has 3 N–H and O–H groups in total. The molecule has 0 aromatic rings. The van der Waals surface area contributed by atoms with Crippen LogP contribution in [-0.2, 0) is 14.3 Å². The zero-order chi connectivity index (χ0) is 16.6. The van der Waals surface area contributed by atoms with Gasteiger partial charge in [-0.1, -0.05) is 12.2 Å². The van der Waals surface area contributed by atoms with Gasteiger partial charge >= 0.3 is 0 Å². The number of nitrogens with two attached hydrogens (primary N) is 1. The summed E-state index contributed by atoms with van der Waals surface area (Å²) >= 11 is 0. The zero-order valence-electron chi connectivity index (χ0n) is 13.6. The Morgan fingerprint density at radius 2 is 2.00 bits per heavy atom. The Morgan fingerprint density at radius 3 is 2.57 bits per heavy atom. The van der Waals surface area contributed by atoms with Gasteiger partial charge in [0.05, 0.1) is 25.0 Å². The number of nitrogens with zero attached hydrogens (tertiary/aromatic N) is 2. The van der Waals surface area contributed by atoms with Gasteiger partial charge in [0, 0.05) is 19.7 Å². The number of imide groups is 1. The number of fused-ring (bicyclic) bond motifs is 5. The second-order valence-corrected chi connectivity index (χ2v) is 6.60. The molecule has 2 aliphatic carbocycles. The molecule has 1 saturated heterocycles. The lowest BCUT2D eigenvalue weighted by molar-refractivity contribution is -0.140. The topological polar surface area (TPSA) is 97.0 Å². The average Bonchev–Trinajstić information content (AvgIpc) is 3.16. The summed E-state index contributed by atoms with van der Waals surface area (Å²) < 4.78 is 5.01. The van der Waals surface area contributed by atoms with Gasteiger partial charge in [0.1, 0.15) is 0 Å². The average molecular weight is 320 g/mol. The SMILES string of the molecule is COCC(C)NC(N)=NCCN1C(=O)C2C3C=CC(C3)C2C1=O. The normalized spacial score (nSPS) is 33.5. The molecule has 5 atom stereocenters. The summed E-state index contributed by atoms with van der Waals surface area (Å²) in [5.74, 6) is 0.443. The fourth-order valence-corrected chi connectivity index (χ4v) is 4.04. The lowest BCUT2D eigenvalue weighted by Gasteiger charge is -2.17. The van der Waals surface area contributed by atoms with Crippen molar-refractivity contribution in [1.82, 2.24) is 10.2 Å². The van der Waals surface area contributed by atoms with Gasteiger partial charge in [-0.15, -0.1) is 0 Å². The molecule has 2 fully saturated rings. The first-order valence-electron chi connectivity index (χ1n) is 8.12. The van der Waals surface area contributed by atoms with Crippen LogP contribution in [-0.4, -0.2) is 55.5 Å². The number of hydrogen-bond acceptors (Lipinski definition) is 4. The molecule has 0 aromatic heterocycles. The fourth-order valence-electron chi connectivity index (χ4n) is 4.04. The predicted molar refractivity (Wildman–Crippen MR) is 85.4 cm³/mol. The second-order valence-electron chi connectivity index (χ2n) is 6.60. The maximum atomic E-state index is 12.5. The summed E-state index contributed by atoms with van der Waals surface area (Å²) in [6.45, 7) is 3.07. The number of aliphatic imine (C=N–C) groups is 1. The molecular weight excluding hydrogens is 296 g/mol. The molecule has 0 spiro atoms. The first kappa shape index (κ1) is 16.0. The third-order valence-electron chi connectivity index (χ3n) is 4.98. The van der Waals surface area contributed by atoms with Crippen LogP contribution >= 0.6 is 0 Å². The summed E-state index contributed by atoms with van der Waals surface area (Å²) in [7, 11) is 1.62. The molecule has 0 radical (unpaired) electrons. The van der Waals surface area contributed by atoms with Gasteiger partial charge < -0.3 is 15.8 Å². The van der Waals surface area contributed by atoms with Crippen LogP contribution in [0.5, 0.6) is 0 Å². The van der Waals surface area contributed by atoms with Crippen LogP contribution in [0.2, 0.25) is 0 Å². The molecular formula is C16H24N4O3. The molecule has 23 heavy (non-hydrogen) atoms. The van der Waals surface area contributed by atoms with Gasteiger partial charge in [-0.2, -0.15) is 0 Å². The number of rotatable bonds is 6. The van der Waals surface area contributed by atoms with Crippen LogP contribution in [0.15, 0.2) is 17.1 Å². The Bertz CT molecular complexity index is 530. The zero-order valence-corrected chi connectivity index (χ0v) is 13.6. The van der Waals surface area contributed by atoms with Crippen molar-refractivity contribution < 1.29 is 14.3 Å². The molecule has 0 aromatic carbocycles. The molecule has 3 aliphatic rings. The highest BCUT2D eigenvalue weighted by Gasteiger charge is 2.58. The van der Waals surface area contributed by atoms with E-state index in [0.717, 1.165) is 6.42 Å². The van der Waals surface area contributed by atoms with Crippen LogP contribution < -0.4 is 11.1 Å². The summed E-state index contributed by atoms with van der Waals surface area (Å²) in [5.41, 5.74) is 5.79. The summed E-state index contributed by atoms with van der Waals surface area (Å²) in [5, 5.41) is 3.00. The maximum Gasteiger partial charge on any atom is 0.233 e. The summed E-state index contributed by atoms with van der Waals surface area (Å²) in [6, 6.07) is 0.0554. The molecule has 2 amide bonds. The minimum absolute atomic E-state index is 0.0358. The van der Waals surface area contributed by atoms with E-state index in [1.165, 1.54) is 4.90 Å². The van der Waals surface area contributed by atoms with E-state index in [1.807, 2.05) is 6.92 Å². The smallest absolute Gasteiger partial charge is 0.233 e. The molecule has 1 aliphatic heterocycles. The number of carbonyl (C=O) groups is 2. The van der Waals surface area contributed by atoms with Crippen molar-refractivity contribution in [3.63, 3.8) is 0 Å². The number of allylic oxidation sites excluding steroid dienone is 2. The first-order valence-corrected chi connectivity index (χ1v) is 8.12. The Kier molecular flexibility index (Phi) is 4.39. The van der Waals surface area contributed by atoms with E-state index in [1.54, 1.807) is 7.11 Å². The summed E-state index contributed by atoms with van der Waals surface area (Å²) in [6.07, 6.45) is 5.14. The predicted octanol–water partition coefficient (Wildman–Crippen LogP) is -0.267. The van der Waals surface area contributed by atoms with Crippen LogP contribution in [0.25, 0.3) is 0 Å². The third-order valence-corrected chi connectivity index (χ3v) is 4.98. The minimum Gasteiger partial charge on any atom is -0.383 e. The highest BCUT2D eigenvalue weighted by atomic mass is 16.5. The fraction of sp³-hybridized carbons (Fsp3) is 0.688. The van der Waals surface area contributed by atoms with Crippen molar-refractivity contribution in [2.45, 2.75) is 19.4 Å². The number of ether oxygens (including phenoxy) is 1. The first-order chi connectivity index (χ1) is 11.0. The molecule has 2 bridgehead atoms. The van der Waals surface area contributed by atoms with Crippen molar-refractivity contribution in [1.29, 1.82) is 0 Å². The molecule has 1 heterocycles. The number of nitrogens with one attached hydrogen (secondary N) is 1. The molecule has 5 unspecified atom stereocenters. The highest BCUT2D eigenvalue weighted by molar-refractivity contribution is 6.06. The Balaban J connectivity index is 1.54. The van der Waals surface area contributed by atoms with E-state index in [0.29, 0.717) is 25.7 Å². The van der Waals surface area contributed by atoms with Crippen molar-refractivity contribution in [3.8, 4) is 0 Å². The number of likely N-dealkylation sites (tertiary alicyclic amines) is 1. The molecule has 3 rings (SSSR count). The van der Waals surface area contributed by atoms with Crippen LogP contribution in [0, 0.1) is 23.7 Å². The quantitative estimate of drug-likeness (QED) is 0.304. The largest absolute Gasteiger partial charge is 0.383 e. The van der Waals surface area contributed by atoms with E-state index in [9.17, 15) is 9.59 Å². The van der Waals surface area contributed by atoms with Gasteiger partial charge in [0.2, 0.25) is 11.8 Å². The monoisotopic (exact) mass is 320 g/mol. The van der Waals surface area contributed by atoms with Crippen molar-refractivity contribution in [2.75, 3.05) is 26.8 Å². The maximum absolute atomic E-state index is 12.5. The van der Waals surface area contributed by atoms with Crippen LogP contribution in [0.4, 0.5) is 0 Å². The van der Waals surface area contributed by atoms with Gasteiger partial charge in [0.25, 0.3) is 0 Å². The van der Waals surface area contributed by atoms with E-state index < -0.39 is 0 Å². The summed E-state index contributed by atoms with van der Waals surface area (Å²) in [4.78, 5) is 30.5.